The van der Waals surface area contributed by atoms with Gasteiger partial charge in [0.15, 0.2) is 0 Å². The van der Waals surface area contributed by atoms with E-state index in [9.17, 15) is 4.79 Å². The molecule has 0 spiro atoms. The fourth-order valence-corrected chi connectivity index (χ4v) is 1.70. The van der Waals surface area contributed by atoms with Crippen LogP contribution in [0.15, 0.2) is 47.1 Å². The molecule has 0 amide bonds. The second kappa shape index (κ2) is 6.26. The van der Waals surface area contributed by atoms with Crippen molar-refractivity contribution in [1.29, 1.82) is 0 Å². The van der Waals surface area contributed by atoms with E-state index in [1.165, 1.54) is 11.1 Å². The quantitative estimate of drug-likeness (QED) is 0.513. The fraction of sp³-hybridized carbons (Fsp3) is 0.400. The summed E-state index contributed by atoms with van der Waals surface area (Å²) in [4.78, 5) is 10.9. The highest BCUT2D eigenvalue weighted by Crippen LogP contribution is 2.23. The molecular weight excluding hydrogens is 196 g/mol. The highest BCUT2D eigenvalue weighted by Gasteiger charge is 2.09. The lowest BCUT2D eigenvalue weighted by Gasteiger charge is -2.10. The van der Waals surface area contributed by atoms with Crippen LogP contribution < -0.4 is 0 Å². The predicted octanol–water partition coefficient (Wildman–Crippen LogP) is 3.99. The maximum atomic E-state index is 10.9. The molecule has 0 N–H and O–H groups in total. The van der Waals surface area contributed by atoms with Crippen molar-refractivity contribution in [2.45, 2.75) is 33.6 Å². The molecule has 0 bridgehead atoms. The molecule has 1 nitrogen and oxygen atoms in total. The van der Waals surface area contributed by atoms with Gasteiger partial charge in [-0.15, -0.1) is 0 Å². The molecule has 0 aliphatic heterocycles. The van der Waals surface area contributed by atoms with Gasteiger partial charge in [0.2, 0.25) is 0 Å². The van der Waals surface area contributed by atoms with Crippen LogP contribution in [0.3, 0.4) is 0 Å². The third kappa shape index (κ3) is 3.65. The van der Waals surface area contributed by atoms with E-state index < -0.39 is 0 Å². The van der Waals surface area contributed by atoms with Gasteiger partial charge in [0.05, 0.1) is 0 Å². The van der Waals surface area contributed by atoms with Crippen LogP contribution in [-0.2, 0) is 4.79 Å². The summed E-state index contributed by atoms with van der Waals surface area (Å²) in [6.45, 7) is 6.15. The van der Waals surface area contributed by atoms with Crippen molar-refractivity contribution >= 4 is 6.29 Å². The van der Waals surface area contributed by atoms with E-state index in [2.05, 4.69) is 44.2 Å². The van der Waals surface area contributed by atoms with Crippen LogP contribution >= 0.6 is 0 Å². The number of allylic oxidation sites excluding steroid dienone is 8. The molecule has 0 fully saturated rings. The molecule has 0 saturated carbocycles. The lowest BCUT2D eigenvalue weighted by Crippen LogP contribution is -2.01. The van der Waals surface area contributed by atoms with Crippen molar-refractivity contribution in [2.75, 3.05) is 0 Å². The molecule has 0 aromatic heterocycles. The number of rotatable bonds is 4. The second-order valence-corrected chi connectivity index (χ2v) is 4.43. The molecule has 1 atom stereocenters. The van der Waals surface area contributed by atoms with Crippen molar-refractivity contribution in [2.24, 2.45) is 5.92 Å². The molecule has 0 radical (unpaired) electrons. The smallest absolute Gasteiger partial charge is 0.127 e. The average molecular weight is 216 g/mol. The van der Waals surface area contributed by atoms with E-state index in [1.54, 1.807) is 0 Å². The summed E-state index contributed by atoms with van der Waals surface area (Å²) in [7, 11) is 0. The van der Waals surface area contributed by atoms with Gasteiger partial charge >= 0.3 is 0 Å². The summed E-state index contributed by atoms with van der Waals surface area (Å²) in [5.74, 6) is -0.0143. The minimum Gasteiger partial charge on any atom is -0.303 e. The zero-order valence-corrected chi connectivity index (χ0v) is 10.4. The topological polar surface area (TPSA) is 17.1 Å². The highest BCUT2D eigenvalue weighted by molar-refractivity contribution is 5.62. The van der Waals surface area contributed by atoms with Gasteiger partial charge in [-0.25, -0.2) is 0 Å². The van der Waals surface area contributed by atoms with E-state index >= 15 is 0 Å². The van der Waals surface area contributed by atoms with Gasteiger partial charge in [-0.3, -0.25) is 0 Å². The normalized spacial score (nSPS) is 16.9. The lowest BCUT2D eigenvalue weighted by molar-refractivity contribution is -0.109. The van der Waals surface area contributed by atoms with Crippen molar-refractivity contribution < 1.29 is 4.79 Å². The molecule has 1 aliphatic carbocycles. The Hall–Kier alpha value is -1.37. The van der Waals surface area contributed by atoms with Crippen LogP contribution in [0.1, 0.15) is 33.6 Å². The van der Waals surface area contributed by atoms with Gasteiger partial charge in [-0.1, -0.05) is 42.9 Å². The van der Waals surface area contributed by atoms with Gasteiger partial charge in [-0.2, -0.15) is 0 Å². The fourth-order valence-electron chi connectivity index (χ4n) is 1.70. The maximum absolute atomic E-state index is 10.9. The molecule has 1 heteroatoms. The molecule has 0 aromatic rings. The van der Waals surface area contributed by atoms with E-state index in [-0.39, 0.29) is 5.92 Å². The summed E-state index contributed by atoms with van der Waals surface area (Å²) < 4.78 is 0. The standard InChI is InChI=1S/C15H20O/c1-12(2)9-10-14-7-5-4-6-8-15(14)13(3)11-16/h5-9,11,13H,4,10H2,1-3H3. The SMILES string of the molecule is CC(C)=CCC1=C(C(C)C=O)C=CCC=C1. The van der Waals surface area contributed by atoms with Gasteiger partial charge in [0.1, 0.15) is 6.29 Å². The summed E-state index contributed by atoms with van der Waals surface area (Å²) >= 11 is 0. The van der Waals surface area contributed by atoms with Crippen LogP contribution in [0.5, 0.6) is 0 Å². The van der Waals surface area contributed by atoms with Crippen molar-refractivity contribution in [3.05, 3.63) is 47.1 Å². The minimum atomic E-state index is -0.0143. The second-order valence-electron chi connectivity index (χ2n) is 4.43. The van der Waals surface area contributed by atoms with Crippen molar-refractivity contribution in [1.82, 2.24) is 0 Å². The molecule has 16 heavy (non-hydrogen) atoms. The molecule has 1 unspecified atom stereocenters. The van der Waals surface area contributed by atoms with Crippen LogP contribution in [0, 0.1) is 5.92 Å². The zero-order chi connectivity index (χ0) is 12.0. The number of aldehydes is 1. The van der Waals surface area contributed by atoms with Crippen LogP contribution in [0.4, 0.5) is 0 Å². The van der Waals surface area contributed by atoms with Gasteiger partial charge in [0, 0.05) is 5.92 Å². The first kappa shape index (κ1) is 12.7. The van der Waals surface area contributed by atoms with Gasteiger partial charge in [0.25, 0.3) is 0 Å². The summed E-state index contributed by atoms with van der Waals surface area (Å²) in [5.41, 5.74) is 3.73. The molecule has 1 aliphatic rings. The number of carbonyl (C=O) groups is 1. The number of hydrogen-bond acceptors (Lipinski definition) is 1. The Balaban J connectivity index is 3.01. The summed E-state index contributed by atoms with van der Waals surface area (Å²) in [5, 5.41) is 0. The Morgan fingerprint density at radius 1 is 1.38 bits per heavy atom. The lowest BCUT2D eigenvalue weighted by atomic mass is 9.94. The zero-order valence-electron chi connectivity index (χ0n) is 10.4. The van der Waals surface area contributed by atoms with E-state index in [1.807, 2.05) is 6.92 Å². The third-order valence-corrected chi connectivity index (χ3v) is 2.68. The maximum Gasteiger partial charge on any atom is 0.127 e. The molecule has 1 rings (SSSR count). The Labute approximate surface area is 98.2 Å². The first-order valence-electron chi connectivity index (χ1n) is 5.80. The molecule has 0 saturated heterocycles. The van der Waals surface area contributed by atoms with Crippen LogP contribution in [-0.4, -0.2) is 6.29 Å². The first-order chi connectivity index (χ1) is 7.65. The number of hydrogen-bond donors (Lipinski definition) is 0. The van der Waals surface area contributed by atoms with Gasteiger partial charge in [-0.05, 0) is 37.8 Å². The molecule has 86 valence electrons. The highest BCUT2D eigenvalue weighted by atomic mass is 16.1. The van der Waals surface area contributed by atoms with Crippen LogP contribution in [0.25, 0.3) is 0 Å². The van der Waals surface area contributed by atoms with Crippen molar-refractivity contribution in [3.8, 4) is 0 Å². The third-order valence-electron chi connectivity index (χ3n) is 2.68. The first-order valence-corrected chi connectivity index (χ1v) is 5.80. The Morgan fingerprint density at radius 2 is 2.06 bits per heavy atom. The van der Waals surface area contributed by atoms with E-state index in [0.29, 0.717) is 0 Å². The summed E-state index contributed by atoms with van der Waals surface area (Å²) in [6, 6.07) is 0. The Morgan fingerprint density at radius 3 is 2.69 bits per heavy atom. The van der Waals surface area contributed by atoms with Crippen molar-refractivity contribution in [3.63, 3.8) is 0 Å². The van der Waals surface area contributed by atoms with Gasteiger partial charge < -0.3 is 4.79 Å². The monoisotopic (exact) mass is 216 g/mol. The predicted molar refractivity (Wildman–Crippen MR) is 69.2 cm³/mol. The average Bonchev–Trinajstić information content (AvgIpc) is 2.50. The van der Waals surface area contributed by atoms with E-state index in [4.69, 9.17) is 0 Å². The molecule has 0 aromatic carbocycles. The Bertz CT molecular complexity index is 363. The van der Waals surface area contributed by atoms with E-state index in [0.717, 1.165) is 24.7 Å². The van der Waals surface area contributed by atoms with Crippen LogP contribution in [0.2, 0.25) is 0 Å². The Kier molecular flexibility index (Phi) is 4.97. The number of carbonyl (C=O) groups excluding carboxylic acids is 1. The minimum absolute atomic E-state index is 0.0143. The molecular formula is C15H20O. The molecule has 0 heterocycles. The summed E-state index contributed by atoms with van der Waals surface area (Å²) in [6.07, 6.45) is 13.6. The largest absolute Gasteiger partial charge is 0.303 e.